The first-order valence-electron chi connectivity index (χ1n) is 6.93. The number of nitrogens with one attached hydrogen (secondary N) is 2. The van der Waals surface area contributed by atoms with E-state index in [-0.39, 0.29) is 42.8 Å². The number of carbonyl (C=O) groups is 1. The van der Waals surface area contributed by atoms with E-state index in [0.717, 1.165) is 38.8 Å². The predicted molar refractivity (Wildman–Crippen MR) is 73.8 cm³/mol. The molecule has 0 bridgehead atoms. The summed E-state index contributed by atoms with van der Waals surface area (Å²) >= 11 is 0. The Kier molecular flexibility index (Phi) is 6.97. The molecule has 1 saturated heterocycles. The molecule has 1 aliphatic heterocycles. The molecule has 2 rings (SSSR count). The lowest BCUT2D eigenvalue weighted by Gasteiger charge is -2.32. The van der Waals surface area contributed by atoms with Crippen LogP contribution in [0.15, 0.2) is 0 Å². The Morgan fingerprint density at radius 3 is 2.67 bits per heavy atom. The van der Waals surface area contributed by atoms with Gasteiger partial charge in [0.05, 0.1) is 5.92 Å². The Morgan fingerprint density at radius 2 is 2.00 bits per heavy atom. The third-order valence-corrected chi connectivity index (χ3v) is 4.14. The Morgan fingerprint density at radius 1 is 1.22 bits per heavy atom. The van der Waals surface area contributed by atoms with Crippen LogP contribution in [0.25, 0.3) is 0 Å². The maximum Gasteiger partial charge on any atom is 0.224 e. The van der Waals surface area contributed by atoms with E-state index in [1.54, 1.807) is 0 Å². The van der Waals surface area contributed by atoms with Crippen LogP contribution in [0.2, 0.25) is 0 Å². The van der Waals surface area contributed by atoms with Crippen LogP contribution in [-0.2, 0) is 4.79 Å². The van der Waals surface area contributed by atoms with Crippen molar-refractivity contribution >= 4 is 18.3 Å². The summed E-state index contributed by atoms with van der Waals surface area (Å²) in [5.74, 6) is 0.580. The molecule has 3 N–H and O–H groups in total. The van der Waals surface area contributed by atoms with Gasteiger partial charge in [-0.15, -0.1) is 12.4 Å². The monoisotopic (exact) mass is 276 g/mol. The summed E-state index contributed by atoms with van der Waals surface area (Å²) in [5, 5.41) is 15.7. The van der Waals surface area contributed by atoms with Gasteiger partial charge in [-0.05, 0) is 32.2 Å². The maximum atomic E-state index is 12.1. The van der Waals surface area contributed by atoms with Crippen LogP contribution in [0, 0.1) is 11.8 Å². The minimum atomic E-state index is 0. The van der Waals surface area contributed by atoms with E-state index in [0.29, 0.717) is 0 Å². The fraction of sp³-hybridized carbons (Fsp3) is 0.923. The van der Waals surface area contributed by atoms with Crippen molar-refractivity contribution < 1.29 is 9.90 Å². The van der Waals surface area contributed by atoms with Crippen molar-refractivity contribution in [3.05, 3.63) is 0 Å². The van der Waals surface area contributed by atoms with Gasteiger partial charge >= 0.3 is 0 Å². The Bertz CT molecular complexity index is 257. The van der Waals surface area contributed by atoms with E-state index >= 15 is 0 Å². The van der Waals surface area contributed by atoms with Crippen molar-refractivity contribution in [3.8, 4) is 0 Å². The number of rotatable bonds is 3. The summed E-state index contributed by atoms with van der Waals surface area (Å²) in [6.45, 7) is 2.04. The fourth-order valence-electron chi connectivity index (χ4n) is 2.99. The zero-order chi connectivity index (χ0) is 12.1. The summed E-state index contributed by atoms with van der Waals surface area (Å²) in [5.41, 5.74) is 0. The standard InChI is InChI=1S/C13H24N2O2.ClH/c16-9-11-4-1-2-6-12(11)15-13(17)10-5-3-7-14-8-10;/h10-12,14,16H,1-9H2,(H,15,17);1H/t10-,11?,12?;/m1./s1. The van der Waals surface area contributed by atoms with Gasteiger partial charge < -0.3 is 15.7 Å². The zero-order valence-corrected chi connectivity index (χ0v) is 11.7. The third-order valence-electron chi connectivity index (χ3n) is 4.14. The molecule has 0 radical (unpaired) electrons. The van der Waals surface area contributed by atoms with Gasteiger partial charge in [0.2, 0.25) is 5.91 Å². The van der Waals surface area contributed by atoms with E-state index in [1.165, 1.54) is 12.8 Å². The second-order valence-electron chi connectivity index (χ2n) is 5.39. The van der Waals surface area contributed by atoms with Gasteiger partial charge in [0, 0.05) is 25.1 Å². The summed E-state index contributed by atoms with van der Waals surface area (Å²) in [6, 6.07) is 0.197. The Labute approximate surface area is 115 Å². The second kappa shape index (κ2) is 7.97. The predicted octanol–water partition coefficient (Wildman–Crippen LogP) is 1.08. The molecule has 4 nitrogen and oxygen atoms in total. The topological polar surface area (TPSA) is 61.4 Å². The smallest absolute Gasteiger partial charge is 0.224 e. The van der Waals surface area contributed by atoms with Gasteiger partial charge in [0.1, 0.15) is 0 Å². The van der Waals surface area contributed by atoms with Crippen molar-refractivity contribution in [2.45, 2.75) is 44.6 Å². The molecule has 1 saturated carbocycles. The van der Waals surface area contributed by atoms with Crippen molar-refractivity contribution in [2.75, 3.05) is 19.7 Å². The first-order valence-corrected chi connectivity index (χ1v) is 6.93. The molecule has 1 heterocycles. The Hall–Kier alpha value is -0.320. The molecule has 106 valence electrons. The van der Waals surface area contributed by atoms with E-state index in [9.17, 15) is 9.90 Å². The summed E-state index contributed by atoms with van der Waals surface area (Å²) in [6.07, 6.45) is 6.51. The maximum absolute atomic E-state index is 12.1. The lowest BCUT2D eigenvalue weighted by Crippen LogP contribution is -2.48. The molecule has 3 atom stereocenters. The highest BCUT2D eigenvalue weighted by atomic mass is 35.5. The van der Waals surface area contributed by atoms with E-state index in [1.807, 2.05) is 0 Å². The SMILES string of the molecule is Cl.O=C(NC1CCCCC1CO)[C@@H]1CCCNC1. The van der Waals surface area contributed by atoms with Crippen molar-refractivity contribution in [1.82, 2.24) is 10.6 Å². The lowest BCUT2D eigenvalue weighted by molar-refractivity contribution is -0.127. The van der Waals surface area contributed by atoms with Gasteiger partial charge in [-0.2, -0.15) is 0 Å². The molecule has 2 fully saturated rings. The molecule has 0 aromatic carbocycles. The lowest BCUT2D eigenvalue weighted by atomic mass is 9.84. The van der Waals surface area contributed by atoms with Crippen molar-refractivity contribution in [1.29, 1.82) is 0 Å². The number of aliphatic hydroxyl groups is 1. The molecule has 0 spiro atoms. The molecular weight excluding hydrogens is 252 g/mol. The van der Waals surface area contributed by atoms with Crippen molar-refractivity contribution in [3.63, 3.8) is 0 Å². The number of hydrogen-bond donors (Lipinski definition) is 3. The molecule has 0 aromatic rings. The summed E-state index contributed by atoms with van der Waals surface area (Å²) in [4.78, 5) is 12.1. The highest BCUT2D eigenvalue weighted by Crippen LogP contribution is 2.24. The van der Waals surface area contributed by atoms with Gasteiger partial charge in [-0.3, -0.25) is 4.79 Å². The first kappa shape index (κ1) is 15.7. The average Bonchev–Trinajstić information content (AvgIpc) is 2.40. The highest BCUT2D eigenvalue weighted by molar-refractivity contribution is 5.85. The molecule has 2 aliphatic rings. The largest absolute Gasteiger partial charge is 0.396 e. The van der Waals surface area contributed by atoms with Gasteiger partial charge in [-0.1, -0.05) is 12.8 Å². The molecule has 18 heavy (non-hydrogen) atoms. The van der Waals surface area contributed by atoms with Crippen molar-refractivity contribution in [2.24, 2.45) is 11.8 Å². The second-order valence-corrected chi connectivity index (χ2v) is 5.39. The summed E-state index contributed by atoms with van der Waals surface area (Å²) < 4.78 is 0. The van der Waals surface area contributed by atoms with Crippen LogP contribution < -0.4 is 10.6 Å². The first-order chi connectivity index (χ1) is 8.31. The number of piperidine rings is 1. The normalized spacial score (nSPS) is 32.4. The molecule has 1 amide bonds. The van der Waals surface area contributed by atoms with Gasteiger partial charge in [0.25, 0.3) is 0 Å². The molecule has 5 heteroatoms. The average molecular weight is 277 g/mol. The highest BCUT2D eigenvalue weighted by Gasteiger charge is 2.28. The van der Waals surface area contributed by atoms with Crippen LogP contribution in [0.4, 0.5) is 0 Å². The summed E-state index contributed by atoms with van der Waals surface area (Å²) in [7, 11) is 0. The third kappa shape index (κ3) is 4.11. The van der Waals surface area contributed by atoms with Crippen LogP contribution in [0.3, 0.4) is 0 Å². The van der Waals surface area contributed by atoms with Crippen LogP contribution >= 0.6 is 12.4 Å². The number of hydrogen-bond acceptors (Lipinski definition) is 3. The van der Waals surface area contributed by atoms with E-state index < -0.39 is 0 Å². The molecular formula is C13H25ClN2O2. The minimum Gasteiger partial charge on any atom is -0.396 e. The number of amides is 1. The van der Waals surface area contributed by atoms with Crippen LogP contribution in [0.5, 0.6) is 0 Å². The van der Waals surface area contributed by atoms with Crippen LogP contribution in [-0.4, -0.2) is 36.8 Å². The number of aliphatic hydroxyl groups excluding tert-OH is 1. The molecule has 0 aromatic heterocycles. The van der Waals surface area contributed by atoms with E-state index in [4.69, 9.17) is 0 Å². The minimum absolute atomic E-state index is 0. The van der Waals surface area contributed by atoms with Gasteiger partial charge in [-0.25, -0.2) is 0 Å². The quantitative estimate of drug-likeness (QED) is 0.723. The zero-order valence-electron chi connectivity index (χ0n) is 10.9. The van der Waals surface area contributed by atoms with Gasteiger partial charge in [0.15, 0.2) is 0 Å². The molecule has 2 unspecified atom stereocenters. The fourth-order valence-corrected chi connectivity index (χ4v) is 2.99. The Balaban J connectivity index is 0.00000162. The van der Waals surface area contributed by atoms with E-state index in [2.05, 4.69) is 10.6 Å². The number of carbonyl (C=O) groups excluding carboxylic acids is 1. The molecule has 1 aliphatic carbocycles. The number of halogens is 1. The van der Waals surface area contributed by atoms with Crippen LogP contribution in [0.1, 0.15) is 38.5 Å².